The van der Waals surface area contributed by atoms with Gasteiger partial charge in [0.05, 0.1) is 13.3 Å². The Labute approximate surface area is 148 Å². The molecule has 0 aliphatic rings. The second-order valence-electron chi connectivity index (χ2n) is 5.20. The van der Waals surface area contributed by atoms with Crippen molar-refractivity contribution < 1.29 is 14.2 Å². The van der Waals surface area contributed by atoms with E-state index in [4.69, 9.17) is 17.0 Å². The lowest BCUT2D eigenvalue weighted by atomic mass is 10.1. The number of ether oxygens (including phenoxy) is 1. The number of para-hydroxylation sites is 1. The zero-order chi connectivity index (χ0) is 17.8. The van der Waals surface area contributed by atoms with Gasteiger partial charge in [0.2, 0.25) is 4.77 Å². The molecule has 128 valence electrons. The van der Waals surface area contributed by atoms with Gasteiger partial charge in [0.15, 0.2) is 17.3 Å². The molecule has 0 aliphatic carbocycles. The minimum atomic E-state index is -0.297. The lowest BCUT2D eigenvalue weighted by Crippen LogP contribution is -2.01. The Hall–Kier alpha value is -3.00. The number of aromatic amines is 1. The fraction of sp³-hybridized carbons (Fsp3) is 0.118. The fourth-order valence-corrected chi connectivity index (χ4v) is 2.47. The first-order valence-corrected chi connectivity index (χ1v) is 7.80. The van der Waals surface area contributed by atoms with Crippen LogP contribution in [0.4, 0.5) is 4.39 Å². The molecule has 2 N–H and O–H groups in total. The smallest absolute Gasteiger partial charge is 0.216 e. The van der Waals surface area contributed by atoms with E-state index in [2.05, 4.69) is 15.3 Å². The molecule has 3 rings (SSSR count). The molecule has 0 atom stereocenters. The largest absolute Gasteiger partial charge is 0.504 e. The van der Waals surface area contributed by atoms with E-state index in [9.17, 15) is 9.50 Å². The number of nitrogens with one attached hydrogen (secondary N) is 1. The molecular weight excluding hydrogens is 343 g/mol. The molecule has 8 heteroatoms. The number of hydrogen-bond acceptors (Lipinski definition) is 5. The maximum absolute atomic E-state index is 13.0. The summed E-state index contributed by atoms with van der Waals surface area (Å²) in [5.74, 6) is 0.611. The number of rotatable bonds is 5. The SMILES string of the molecule is COc1cccc(/C=N/n2c(Cc3ccc(F)cc3)n[nH]c2=S)c1O. The highest BCUT2D eigenvalue weighted by atomic mass is 32.1. The van der Waals surface area contributed by atoms with Gasteiger partial charge in [-0.05, 0) is 42.0 Å². The number of aromatic hydroxyl groups is 1. The van der Waals surface area contributed by atoms with Gasteiger partial charge in [-0.2, -0.15) is 14.9 Å². The third kappa shape index (κ3) is 3.74. The third-order valence-electron chi connectivity index (χ3n) is 3.56. The molecule has 6 nitrogen and oxygen atoms in total. The molecule has 0 aliphatic heterocycles. The van der Waals surface area contributed by atoms with E-state index in [0.717, 1.165) is 5.56 Å². The van der Waals surface area contributed by atoms with Crippen LogP contribution in [-0.2, 0) is 6.42 Å². The Kier molecular flexibility index (Phi) is 4.90. The minimum Gasteiger partial charge on any atom is -0.504 e. The van der Waals surface area contributed by atoms with Crippen LogP contribution in [0.2, 0.25) is 0 Å². The molecule has 0 radical (unpaired) electrons. The van der Waals surface area contributed by atoms with Gasteiger partial charge < -0.3 is 9.84 Å². The third-order valence-corrected chi connectivity index (χ3v) is 3.82. The van der Waals surface area contributed by atoms with Crippen LogP contribution in [0.15, 0.2) is 47.6 Å². The van der Waals surface area contributed by atoms with E-state index in [0.29, 0.717) is 28.3 Å². The van der Waals surface area contributed by atoms with Gasteiger partial charge in [-0.15, -0.1) is 0 Å². The maximum atomic E-state index is 13.0. The van der Waals surface area contributed by atoms with Crippen molar-refractivity contribution in [3.05, 3.63) is 70.0 Å². The van der Waals surface area contributed by atoms with Gasteiger partial charge in [0.1, 0.15) is 5.82 Å². The first-order chi connectivity index (χ1) is 12.1. The Bertz CT molecular complexity index is 964. The fourth-order valence-electron chi connectivity index (χ4n) is 2.27. The Balaban J connectivity index is 1.89. The van der Waals surface area contributed by atoms with Crippen molar-refractivity contribution in [2.45, 2.75) is 6.42 Å². The van der Waals surface area contributed by atoms with Crippen molar-refractivity contribution in [3.8, 4) is 11.5 Å². The monoisotopic (exact) mass is 358 g/mol. The molecule has 2 aromatic carbocycles. The Morgan fingerprint density at radius 1 is 1.32 bits per heavy atom. The summed E-state index contributed by atoms with van der Waals surface area (Å²) in [7, 11) is 1.48. The quantitative estimate of drug-likeness (QED) is 0.542. The first-order valence-electron chi connectivity index (χ1n) is 7.39. The average molecular weight is 358 g/mol. The van der Waals surface area contributed by atoms with E-state index >= 15 is 0 Å². The number of methoxy groups -OCH3 is 1. The molecule has 0 bridgehead atoms. The van der Waals surface area contributed by atoms with Gasteiger partial charge >= 0.3 is 0 Å². The number of benzene rings is 2. The molecule has 0 spiro atoms. The first kappa shape index (κ1) is 16.8. The summed E-state index contributed by atoms with van der Waals surface area (Å²) < 4.78 is 19.9. The number of aromatic nitrogens is 3. The number of hydrogen-bond donors (Lipinski definition) is 2. The Morgan fingerprint density at radius 2 is 2.08 bits per heavy atom. The second kappa shape index (κ2) is 7.27. The van der Waals surface area contributed by atoms with Crippen molar-refractivity contribution >= 4 is 18.4 Å². The summed E-state index contributed by atoms with van der Waals surface area (Å²) in [4.78, 5) is 0. The zero-order valence-electron chi connectivity index (χ0n) is 13.3. The molecule has 3 aromatic rings. The van der Waals surface area contributed by atoms with Crippen LogP contribution in [0.1, 0.15) is 17.0 Å². The molecule has 0 saturated heterocycles. The minimum absolute atomic E-state index is 0.0103. The lowest BCUT2D eigenvalue weighted by molar-refractivity contribution is 0.373. The predicted molar refractivity (Wildman–Crippen MR) is 94.3 cm³/mol. The summed E-state index contributed by atoms with van der Waals surface area (Å²) in [5.41, 5.74) is 1.35. The van der Waals surface area contributed by atoms with Crippen LogP contribution in [0, 0.1) is 10.6 Å². The van der Waals surface area contributed by atoms with Crippen LogP contribution in [-0.4, -0.2) is 33.3 Å². The van der Waals surface area contributed by atoms with E-state index in [1.54, 1.807) is 30.3 Å². The van der Waals surface area contributed by atoms with Gasteiger partial charge in [-0.1, -0.05) is 18.2 Å². The Morgan fingerprint density at radius 3 is 2.80 bits per heavy atom. The number of phenolic OH excluding ortho intramolecular Hbond substituents is 1. The van der Waals surface area contributed by atoms with Gasteiger partial charge in [0.25, 0.3) is 0 Å². The molecule has 0 unspecified atom stereocenters. The lowest BCUT2D eigenvalue weighted by Gasteiger charge is -2.05. The van der Waals surface area contributed by atoms with Crippen molar-refractivity contribution in [3.63, 3.8) is 0 Å². The van der Waals surface area contributed by atoms with Crippen LogP contribution in [0.5, 0.6) is 11.5 Å². The molecule has 1 heterocycles. The zero-order valence-corrected chi connectivity index (χ0v) is 14.1. The highest BCUT2D eigenvalue weighted by Gasteiger charge is 2.08. The normalized spacial score (nSPS) is 11.1. The van der Waals surface area contributed by atoms with Crippen molar-refractivity contribution in [2.75, 3.05) is 7.11 Å². The number of H-pyrrole nitrogens is 1. The van der Waals surface area contributed by atoms with E-state index in [1.165, 1.54) is 30.1 Å². The summed E-state index contributed by atoms with van der Waals surface area (Å²) in [6.07, 6.45) is 1.90. The summed E-state index contributed by atoms with van der Waals surface area (Å²) in [5, 5.41) is 21.2. The number of nitrogens with zero attached hydrogens (tertiary/aromatic N) is 3. The number of halogens is 1. The summed E-state index contributed by atoms with van der Waals surface area (Å²) >= 11 is 5.19. The summed E-state index contributed by atoms with van der Waals surface area (Å²) in [6, 6.07) is 11.2. The standard InChI is InChI=1S/C17H15FN4O2S/c1-24-14-4-2-3-12(16(14)23)10-19-22-15(20-21-17(22)25)9-11-5-7-13(18)8-6-11/h2-8,10,23H,9H2,1H3,(H,21,25)/b19-10+. The van der Waals surface area contributed by atoms with Crippen molar-refractivity contribution in [2.24, 2.45) is 5.10 Å². The highest BCUT2D eigenvalue weighted by Crippen LogP contribution is 2.28. The molecular formula is C17H15FN4O2S. The van der Waals surface area contributed by atoms with Crippen LogP contribution >= 0.6 is 12.2 Å². The van der Waals surface area contributed by atoms with Crippen LogP contribution in [0.25, 0.3) is 0 Å². The van der Waals surface area contributed by atoms with Gasteiger partial charge in [0, 0.05) is 12.0 Å². The van der Waals surface area contributed by atoms with E-state index in [1.807, 2.05) is 0 Å². The highest BCUT2D eigenvalue weighted by molar-refractivity contribution is 7.71. The number of phenols is 1. The van der Waals surface area contributed by atoms with E-state index in [-0.39, 0.29) is 11.6 Å². The van der Waals surface area contributed by atoms with Crippen molar-refractivity contribution in [1.82, 2.24) is 14.9 Å². The molecule has 0 fully saturated rings. The van der Waals surface area contributed by atoms with Gasteiger partial charge in [-0.25, -0.2) is 4.39 Å². The van der Waals surface area contributed by atoms with Crippen LogP contribution < -0.4 is 4.74 Å². The van der Waals surface area contributed by atoms with Gasteiger partial charge in [-0.3, -0.25) is 5.10 Å². The maximum Gasteiger partial charge on any atom is 0.216 e. The van der Waals surface area contributed by atoms with E-state index < -0.39 is 0 Å². The topological polar surface area (TPSA) is 75.4 Å². The van der Waals surface area contributed by atoms with Crippen LogP contribution in [0.3, 0.4) is 0 Å². The molecule has 1 aromatic heterocycles. The molecule has 0 amide bonds. The molecule has 25 heavy (non-hydrogen) atoms. The predicted octanol–water partition coefficient (Wildman–Crippen LogP) is 3.27. The molecule has 0 saturated carbocycles. The van der Waals surface area contributed by atoms with Crippen molar-refractivity contribution in [1.29, 1.82) is 0 Å². The summed E-state index contributed by atoms with van der Waals surface area (Å²) in [6.45, 7) is 0. The second-order valence-corrected chi connectivity index (χ2v) is 5.59. The average Bonchev–Trinajstić information content (AvgIpc) is 2.96.